The molecular weight excluding hydrogens is 328 g/mol. The second-order valence-corrected chi connectivity index (χ2v) is 6.88. The first-order valence-corrected chi connectivity index (χ1v) is 9.12. The number of hydrogen-bond acceptors (Lipinski definition) is 6. The van der Waals surface area contributed by atoms with Gasteiger partial charge >= 0.3 is 0 Å². The van der Waals surface area contributed by atoms with Crippen LogP contribution in [0.1, 0.15) is 26.7 Å². The lowest BCUT2D eigenvalue weighted by Crippen LogP contribution is -2.38. The van der Waals surface area contributed by atoms with Gasteiger partial charge in [0.05, 0.1) is 30.4 Å². The van der Waals surface area contributed by atoms with Gasteiger partial charge in [-0.3, -0.25) is 9.38 Å². The summed E-state index contributed by atoms with van der Waals surface area (Å²) in [4.78, 5) is 13.6. The number of aromatic nitrogens is 4. The van der Waals surface area contributed by atoms with Gasteiger partial charge in [-0.1, -0.05) is 0 Å². The van der Waals surface area contributed by atoms with Crippen molar-refractivity contribution in [1.29, 1.82) is 0 Å². The second kappa shape index (κ2) is 7.29. The number of nitrogens with one attached hydrogen (secondary N) is 2. The molecule has 1 aliphatic heterocycles. The normalized spacial score (nSPS) is 17.6. The number of piperidine rings is 1. The zero-order valence-electron chi connectivity index (χ0n) is 15.1. The molecule has 0 aromatic carbocycles. The van der Waals surface area contributed by atoms with Crippen LogP contribution in [0.2, 0.25) is 0 Å². The van der Waals surface area contributed by atoms with Crippen molar-refractivity contribution in [2.24, 2.45) is 0 Å². The quantitative estimate of drug-likeness (QED) is 0.735. The highest BCUT2D eigenvalue weighted by Crippen LogP contribution is 2.23. The summed E-state index contributed by atoms with van der Waals surface area (Å²) < 4.78 is 7.75. The van der Waals surface area contributed by atoms with E-state index in [-0.39, 0.29) is 6.10 Å². The van der Waals surface area contributed by atoms with Gasteiger partial charge in [0.25, 0.3) is 0 Å². The molecule has 0 bridgehead atoms. The van der Waals surface area contributed by atoms with E-state index in [1.165, 1.54) is 6.42 Å². The average Bonchev–Trinajstić information content (AvgIpc) is 3.05. The number of nitrogens with zero attached hydrogens (tertiary/aromatic N) is 4. The molecule has 0 spiro atoms. The van der Waals surface area contributed by atoms with Crippen molar-refractivity contribution in [3.8, 4) is 17.1 Å². The van der Waals surface area contributed by atoms with E-state index in [1.807, 2.05) is 42.8 Å². The molecule has 2 N–H and O–H groups in total. The SMILES string of the molecule is CC(C)Oc1ccn2c(-c3cncc(N[C@@H]4CCCNC4)n3)cnc2c1. The molecule has 4 rings (SSSR count). The van der Waals surface area contributed by atoms with Crippen LogP contribution in [0.25, 0.3) is 17.0 Å². The molecule has 0 saturated carbocycles. The van der Waals surface area contributed by atoms with Gasteiger partial charge in [-0.25, -0.2) is 9.97 Å². The van der Waals surface area contributed by atoms with E-state index in [9.17, 15) is 0 Å². The van der Waals surface area contributed by atoms with E-state index in [0.29, 0.717) is 6.04 Å². The molecular formula is C19H24N6O. The van der Waals surface area contributed by atoms with E-state index in [0.717, 1.165) is 48.1 Å². The molecule has 26 heavy (non-hydrogen) atoms. The van der Waals surface area contributed by atoms with Gasteiger partial charge in [-0.2, -0.15) is 0 Å². The lowest BCUT2D eigenvalue weighted by Gasteiger charge is -2.24. The Balaban J connectivity index is 1.59. The van der Waals surface area contributed by atoms with Crippen molar-refractivity contribution in [1.82, 2.24) is 24.7 Å². The van der Waals surface area contributed by atoms with Crippen LogP contribution >= 0.6 is 0 Å². The number of imidazole rings is 1. The third-order valence-corrected chi connectivity index (χ3v) is 4.40. The van der Waals surface area contributed by atoms with Crippen molar-refractivity contribution >= 4 is 11.5 Å². The highest BCUT2D eigenvalue weighted by atomic mass is 16.5. The Kier molecular flexibility index (Phi) is 4.71. The maximum absolute atomic E-state index is 5.74. The molecule has 7 heteroatoms. The predicted molar refractivity (Wildman–Crippen MR) is 101 cm³/mol. The first kappa shape index (κ1) is 16.8. The molecule has 7 nitrogen and oxygen atoms in total. The maximum Gasteiger partial charge on any atom is 0.145 e. The molecule has 0 amide bonds. The van der Waals surface area contributed by atoms with Crippen molar-refractivity contribution in [2.45, 2.75) is 38.8 Å². The summed E-state index contributed by atoms with van der Waals surface area (Å²) in [6, 6.07) is 4.28. The molecule has 1 aliphatic rings. The highest BCUT2D eigenvalue weighted by molar-refractivity contribution is 5.61. The smallest absolute Gasteiger partial charge is 0.145 e. The van der Waals surface area contributed by atoms with Crippen LogP contribution in [0.15, 0.2) is 36.9 Å². The number of hydrogen-bond donors (Lipinski definition) is 2. The van der Waals surface area contributed by atoms with Gasteiger partial charge in [-0.05, 0) is 39.3 Å². The Labute approximate surface area is 152 Å². The van der Waals surface area contributed by atoms with E-state index in [1.54, 1.807) is 12.4 Å². The largest absolute Gasteiger partial charge is 0.491 e. The van der Waals surface area contributed by atoms with Crippen molar-refractivity contribution in [3.63, 3.8) is 0 Å². The van der Waals surface area contributed by atoms with Gasteiger partial charge in [0.15, 0.2) is 0 Å². The highest BCUT2D eigenvalue weighted by Gasteiger charge is 2.14. The van der Waals surface area contributed by atoms with E-state index < -0.39 is 0 Å². The zero-order chi connectivity index (χ0) is 17.9. The number of fused-ring (bicyclic) bond motifs is 1. The van der Waals surface area contributed by atoms with Gasteiger partial charge in [-0.15, -0.1) is 0 Å². The Bertz CT molecular complexity index is 885. The van der Waals surface area contributed by atoms with Gasteiger partial charge in [0.2, 0.25) is 0 Å². The number of pyridine rings is 1. The molecule has 4 heterocycles. The van der Waals surface area contributed by atoms with Crippen LogP contribution in [-0.2, 0) is 0 Å². The minimum atomic E-state index is 0.134. The Morgan fingerprint density at radius 3 is 3.04 bits per heavy atom. The summed E-state index contributed by atoms with van der Waals surface area (Å²) in [6.07, 6.45) is 9.79. The van der Waals surface area contributed by atoms with Crippen molar-refractivity contribution in [2.75, 3.05) is 18.4 Å². The molecule has 0 aliphatic carbocycles. The summed E-state index contributed by atoms with van der Waals surface area (Å²) in [5, 5.41) is 6.88. The topological polar surface area (TPSA) is 76.4 Å². The first-order valence-electron chi connectivity index (χ1n) is 9.12. The molecule has 3 aromatic heterocycles. The molecule has 0 radical (unpaired) electrons. The summed E-state index contributed by atoms with van der Waals surface area (Å²) >= 11 is 0. The summed E-state index contributed by atoms with van der Waals surface area (Å²) in [6.45, 7) is 6.07. The minimum absolute atomic E-state index is 0.134. The number of anilines is 1. The molecule has 1 atom stereocenters. The van der Waals surface area contributed by atoms with Gasteiger partial charge in [0, 0.05) is 24.8 Å². The standard InChI is InChI=1S/C19H24N6O/c1-13(2)26-15-5-7-25-17(11-22-19(25)8-15)16-10-21-12-18(24-16)23-14-4-3-6-20-9-14/h5,7-8,10-14,20H,3-4,6,9H2,1-2H3,(H,23,24)/t14-/m1/s1. The molecule has 1 fully saturated rings. The molecule has 3 aromatic rings. The second-order valence-electron chi connectivity index (χ2n) is 6.88. The zero-order valence-corrected chi connectivity index (χ0v) is 15.1. The van der Waals surface area contributed by atoms with Crippen LogP contribution < -0.4 is 15.4 Å². The molecule has 1 saturated heterocycles. The van der Waals surface area contributed by atoms with Crippen LogP contribution in [0.4, 0.5) is 5.82 Å². The Hall–Kier alpha value is -2.67. The molecule has 136 valence electrons. The minimum Gasteiger partial charge on any atom is -0.491 e. The Morgan fingerprint density at radius 2 is 2.23 bits per heavy atom. The van der Waals surface area contributed by atoms with E-state index in [4.69, 9.17) is 9.72 Å². The van der Waals surface area contributed by atoms with E-state index >= 15 is 0 Å². The third kappa shape index (κ3) is 3.62. The maximum atomic E-state index is 5.74. The number of ether oxygens (including phenoxy) is 1. The van der Waals surface area contributed by atoms with Crippen LogP contribution in [-0.4, -0.2) is 44.6 Å². The average molecular weight is 352 g/mol. The lowest BCUT2D eigenvalue weighted by molar-refractivity contribution is 0.242. The summed E-state index contributed by atoms with van der Waals surface area (Å²) in [5.74, 6) is 1.61. The van der Waals surface area contributed by atoms with Crippen LogP contribution in [0.5, 0.6) is 5.75 Å². The van der Waals surface area contributed by atoms with Gasteiger partial charge in [0.1, 0.15) is 22.9 Å². The van der Waals surface area contributed by atoms with Crippen molar-refractivity contribution in [3.05, 3.63) is 36.9 Å². The number of rotatable bonds is 5. The monoisotopic (exact) mass is 352 g/mol. The van der Waals surface area contributed by atoms with Crippen LogP contribution in [0, 0.1) is 0 Å². The van der Waals surface area contributed by atoms with Crippen molar-refractivity contribution < 1.29 is 4.74 Å². The van der Waals surface area contributed by atoms with E-state index in [2.05, 4.69) is 20.6 Å². The van der Waals surface area contributed by atoms with Crippen LogP contribution in [0.3, 0.4) is 0 Å². The first-order chi connectivity index (χ1) is 12.7. The lowest BCUT2D eigenvalue weighted by atomic mass is 10.1. The molecule has 0 unspecified atom stereocenters. The summed E-state index contributed by atoms with van der Waals surface area (Å²) in [7, 11) is 0. The Morgan fingerprint density at radius 1 is 1.31 bits per heavy atom. The fourth-order valence-electron chi connectivity index (χ4n) is 3.24. The fourth-order valence-corrected chi connectivity index (χ4v) is 3.24. The van der Waals surface area contributed by atoms with Gasteiger partial charge < -0.3 is 15.4 Å². The fraction of sp³-hybridized carbons (Fsp3) is 0.421. The summed E-state index contributed by atoms with van der Waals surface area (Å²) in [5.41, 5.74) is 2.53. The predicted octanol–water partition coefficient (Wildman–Crippen LogP) is 2.74. The third-order valence-electron chi connectivity index (χ3n) is 4.40.